The molecule has 0 radical (unpaired) electrons. The molecule has 0 aliphatic carbocycles. The smallest absolute Gasteiger partial charge is 0.242 e. The fourth-order valence-electron chi connectivity index (χ4n) is 2.62. The van der Waals surface area contributed by atoms with Crippen LogP contribution in [0.5, 0.6) is 0 Å². The predicted octanol–water partition coefficient (Wildman–Crippen LogP) is -0.0999. The van der Waals surface area contributed by atoms with E-state index in [1.807, 2.05) is 13.8 Å². The summed E-state index contributed by atoms with van der Waals surface area (Å²) in [6.07, 6.45) is 0. The Balaban J connectivity index is 2.24. The summed E-state index contributed by atoms with van der Waals surface area (Å²) in [5.74, 6) is -0.111. The van der Waals surface area contributed by atoms with E-state index in [1.54, 1.807) is 4.90 Å². The molecular weight excluding hydrogens is 260 g/mol. The van der Waals surface area contributed by atoms with E-state index in [0.717, 1.165) is 17.0 Å². The van der Waals surface area contributed by atoms with E-state index in [-0.39, 0.29) is 18.6 Å². The molecule has 2 rings (SSSR count). The normalized spacial score (nSPS) is 21.0. The Labute approximate surface area is 118 Å². The van der Waals surface area contributed by atoms with Crippen molar-refractivity contribution >= 4 is 5.91 Å². The van der Waals surface area contributed by atoms with Crippen LogP contribution in [0.25, 0.3) is 0 Å². The van der Waals surface area contributed by atoms with Gasteiger partial charge in [-0.2, -0.15) is 5.10 Å². The van der Waals surface area contributed by atoms with Crippen LogP contribution in [0, 0.1) is 13.8 Å². The summed E-state index contributed by atoms with van der Waals surface area (Å²) < 4.78 is 10.5. The zero-order valence-corrected chi connectivity index (χ0v) is 12.2. The van der Waals surface area contributed by atoms with E-state index in [2.05, 4.69) is 10.2 Å². The van der Waals surface area contributed by atoms with Crippen molar-refractivity contribution in [1.29, 1.82) is 0 Å². The lowest BCUT2D eigenvalue weighted by atomic mass is 10.0. The molecule has 0 spiro atoms. The van der Waals surface area contributed by atoms with Gasteiger partial charge in [-0.15, -0.1) is 0 Å². The lowest BCUT2D eigenvalue weighted by Gasteiger charge is -2.37. The molecule has 1 aromatic rings. The number of methoxy groups -OCH3 is 1. The van der Waals surface area contributed by atoms with E-state index in [1.165, 1.54) is 7.11 Å². The number of aromatic amines is 1. The van der Waals surface area contributed by atoms with E-state index >= 15 is 0 Å². The molecule has 0 saturated carbocycles. The van der Waals surface area contributed by atoms with E-state index in [4.69, 9.17) is 15.2 Å². The molecule has 1 aliphatic rings. The van der Waals surface area contributed by atoms with Gasteiger partial charge in [0.05, 0.1) is 31.6 Å². The van der Waals surface area contributed by atoms with E-state index in [0.29, 0.717) is 19.8 Å². The highest BCUT2D eigenvalue weighted by atomic mass is 16.5. The maximum atomic E-state index is 12.5. The number of aryl methyl sites for hydroxylation is 2. The molecule has 1 amide bonds. The second-order valence-electron chi connectivity index (χ2n) is 5.03. The first-order valence-corrected chi connectivity index (χ1v) is 6.70. The van der Waals surface area contributed by atoms with Crippen LogP contribution < -0.4 is 5.73 Å². The van der Waals surface area contributed by atoms with Gasteiger partial charge in [-0.25, -0.2) is 0 Å². The maximum Gasteiger partial charge on any atom is 0.242 e. The Kier molecular flexibility index (Phi) is 4.74. The number of H-pyrrole nitrogens is 1. The van der Waals surface area contributed by atoms with Crippen molar-refractivity contribution in [3.05, 3.63) is 17.0 Å². The lowest BCUT2D eigenvalue weighted by molar-refractivity contribution is -0.142. The summed E-state index contributed by atoms with van der Waals surface area (Å²) in [6, 6.07) is -0.786. The average Bonchev–Trinajstić information content (AvgIpc) is 2.77. The van der Waals surface area contributed by atoms with Gasteiger partial charge in [0.15, 0.2) is 0 Å². The van der Waals surface area contributed by atoms with Gasteiger partial charge < -0.3 is 20.1 Å². The molecule has 1 fully saturated rings. The Morgan fingerprint density at radius 1 is 1.65 bits per heavy atom. The molecule has 0 bridgehead atoms. The van der Waals surface area contributed by atoms with Crippen LogP contribution in [0.2, 0.25) is 0 Å². The quantitative estimate of drug-likeness (QED) is 0.804. The standard InChI is InChI=1S/C13H22N4O3/c1-8-12(9(2)16-15-8)11-7-20-5-4-17(11)13(18)10(14)6-19-3/h10-11H,4-7,14H2,1-3H3,(H,15,16). The third-order valence-electron chi connectivity index (χ3n) is 3.59. The first-order valence-electron chi connectivity index (χ1n) is 6.70. The topological polar surface area (TPSA) is 93.5 Å². The van der Waals surface area contributed by atoms with Gasteiger partial charge >= 0.3 is 0 Å². The zero-order chi connectivity index (χ0) is 14.7. The Bertz CT molecular complexity index is 455. The molecule has 7 nitrogen and oxygen atoms in total. The monoisotopic (exact) mass is 282 g/mol. The van der Waals surface area contributed by atoms with Crippen molar-refractivity contribution in [3.63, 3.8) is 0 Å². The van der Waals surface area contributed by atoms with Crippen molar-refractivity contribution in [3.8, 4) is 0 Å². The minimum Gasteiger partial charge on any atom is -0.383 e. The third kappa shape index (κ3) is 2.84. The van der Waals surface area contributed by atoms with Crippen molar-refractivity contribution in [2.75, 3.05) is 33.5 Å². The zero-order valence-electron chi connectivity index (χ0n) is 12.2. The number of morpholine rings is 1. The SMILES string of the molecule is COCC(N)C(=O)N1CCOCC1c1c(C)n[nH]c1C. The number of carbonyl (C=O) groups excluding carboxylic acids is 1. The number of aromatic nitrogens is 2. The summed E-state index contributed by atoms with van der Waals surface area (Å²) in [5, 5.41) is 7.14. The Morgan fingerprint density at radius 3 is 3.00 bits per heavy atom. The second-order valence-corrected chi connectivity index (χ2v) is 5.03. The molecule has 112 valence electrons. The number of ether oxygens (including phenoxy) is 2. The van der Waals surface area contributed by atoms with Crippen LogP contribution >= 0.6 is 0 Å². The molecule has 1 aromatic heterocycles. The molecule has 2 unspecified atom stereocenters. The summed E-state index contributed by atoms with van der Waals surface area (Å²) >= 11 is 0. The summed E-state index contributed by atoms with van der Waals surface area (Å²) in [5.41, 5.74) is 8.73. The molecule has 3 N–H and O–H groups in total. The van der Waals surface area contributed by atoms with Gasteiger partial charge in [0.25, 0.3) is 0 Å². The average molecular weight is 282 g/mol. The van der Waals surface area contributed by atoms with Crippen LogP contribution in [-0.4, -0.2) is 60.5 Å². The maximum absolute atomic E-state index is 12.5. The minimum atomic E-state index is -0.645. The van der Waals surface area contributed by atoms with Gasteiger partial charge in [-0.05, 0) is 13.8 Å². The Morgan fingerprint density at radius 2 is 2.40 bits per heavy atom. The summed E-state index contributed by atoms with van der Waals surface area (Å²) in [4.78, 5) is 14.2. The number of nitrogens with zero attached hydrogens (tertiary/aromatic N) is 2. The lowest BCUT2D eigenvalue weighted by Crippen LogP contribution is -2.51. The molecular formula is C13H22N4O3. The molecule has 7 heteroatoms. The molecule has 1 aliphatic heterocycles. The first kappa shape index (κ1) is 15.0. The fourth-order valence-corrected chi connectivity index (χ4v) is 2.62. The van der Waals surface area contributed by atoms with Crippen LogP contribution in [0.4, 0.5) is 0 Å². The highest BCUT2D eigenvalue weighted by Gasteiger charge is 2.33. The fraction of sp³-hybridized carbons (Fsp3) is 0.692. The predicted molar refractivity (Wildman–Crippen MR) is 73.2 cm³/mol. The summed E-state index contributed by atoms with van der Waals surface area (Å²) in [6.45, 7) is 5.61. The largest absolute Gasteiger partial charge is 0.383 e. The molecule has 2 heterocycles. The van der Waals surface area contributed by atoms with Crippen LogP contribution in [0.15, 0.2) is 0 Å². The second kappa shape index (κ2) is 6.34. The summed E-state index contributed by atoms with van der Waals surface area (Å²) in [7, 11) is 1.54. The number of nitrogens with two attached hydrogens (primary N) is 1. The van der Waals surface area contributed by atoms with Gasteiger partial charge in [0.2, 0.25) is 5.91 Å². The highest BCUT2D eigenvalue weighted by Crippen LogP contribution is 2.28. The van der Waals surface area contributed by atoms with E-state index in [9.17, 15) is 4.79 Å². The number of rotatable bonds is 4. The van der Waals surface area contributed by atoms with Crippen LogP contribution in [-0.2, 0) is 14.3 Å². The van der Waals surface area contributed by atoms with Crippen molar-refractivity contribution < 1.29 is 14.3 Å². The third-order valence-corrected chi connectivity index (χ3v) is 3.59. The van der Waals surface area contributed by atoms with Gasteiger partial charge in [-0.3, -0.25) is 9.89 Å². The molecule has 0 aromatic carbocycles. The van der Waals surface area contributed by atoms with Gasteiger partial charge in [0.1, 0.15) is 6.04 Å². The minimum absolute atomic E-state index is 0.111. The number of hydrogen-bond donors (Lipinski definition) is 2. The number of nitrogens with one attached hydrogen (secondary N) is 1. The number of hydrogen-bond acceptors (Lipinski definition) is 5. The molecule has 20 heavy (non-hydrogen) atoms. The van der Waals surface area contributed by atoms with Gasteiger partial charge in [-0.1, -0.05) is 0 Å². The molecule has 2 atom stereocenters. The van der Waals surface area contributed by atoms with Crippen molar-refractivity contribution in [2.24, 2.45) is 5.73 Å². The number of carbonyl (C=O) groups is 1. The highest BCUT2D eigenvalue weighted by molar-refractivity contribution is 5.82. The van der Waals surface area contributed by atoms with Crippen LogP contribution in [0.3, 0.4) is 0 Å². The van der Waals surface area contributed by atoms with Gasteiger partial charge in [0, 0.05) is 24.9 Å². The molecule has 1 saturated heterocycles. The van der Waals surface area contributed by atoms with Crippen LogP contribution in [0.1, 0.15) is 23.0 Å². The van der Waals surface area contributed by atoms with Crippen molar-refractivity contribution in [2.45, 2.75) is 25.9 Å². The Hall–Kier alpha value is -1.44. The van der Waals surface area contributed by atoms with Crippen molar-refractivity contribution in [1.82, 2.24) is 15.1 Å². The first-order chi connectivity index (χ1) is 9.56. The number of amides is 1. The van der Waals surface area contributed by atoms with E-state index < -0.39 is 6.04 Å².